The standard InChI is InChI=1S/C14H11FO2S/c1-17-14-7-4-10(9-12(14)15)13(16)6-5-11-3-2-8-18-11/h2-9H,1H3/b6-5+. The van der Waals surface area contributed by atoms with E-state index < -0.39 is 5.82 Å². The Bertz CT molecular complexity index is 573. The summed E-state index contributed by atoms with van der Waals surface area (Å²) in [7, 11) is 1.39. The molecule has 0 saturated heterocycles. The fourth-order valence-corrected chi connectivity index (χ4v) is 2.08. The average Bonchev–Trinajstić information content (AvgIpc) is 2.89. The third kappa shape index (κ3) is 2.84. The number of halogens is 1. The van der Waals surface area contributed by atoms with Crippen molar-refractivity contribution in [3.8, 4) is 5.75 Å². The molecule has 0 aliphatic rings. The molecule has 0 atom stereocenters. The molecule has 1 heterocycles. The molecule has 92 valence electrons. The highest BCUT2D eigenvalue weighted by atomic mass is 32.1. The number of ketones is 1. The SMILES string of the molecule is COc1ccc(C(=O)/C=C/c2cccs2)cc1F. The summed E-state index contributed by atoms with van der Waals surface area (Å²) in [6.07, 6.45) is 3.15. The van der Waals surface area contributed by atoms with E-state index in [-0.39, 0.29) is 11.5 Å². The minimum absolute atomic E-state index is 0.133. The van der Waals surface area contributed by atoms with Crippen LogP contribution in [0.15, 0.2) is 41.8 Å². The summed E-state index contributed by atoms with van der Waals surface area (Å²) in [5.41, 5.74) is 0.307. The van der Waals surface area contributed by atoms with Gasteiger partial charge in [-0.1, -0.05) is 6.07 Å². The first-order valence-corrected chi connectivity index (χ1v) is 6.18. The molecule has 0 unspecified atom stereocenters. The third-order valence-corrected chi connectivity index (χ3v) is 3.22. The molecular formula is C14H11FO2S. The molecule has 0 saturated carbocycles. The van der Waals surface area contributed by atoms with Gasteiger partial charge in [-0.2, -0.15) is 0 Å². The van der Waals surface area contributed by atoms with Crippen LogP contribution in [0.5, 0.6) is 5.75 Å². The first-order valence-electron chi connectivity index (χ1n) is 5.30. The van der Waals surface area contributed by atoms with Crippen LogP contribution in [0.4, 0.5) is 4.39 Å². The number of hydrogen-bond acceptors (Lipinski definition) is 3. The van der Waals surface area contributed by atoms with Gasteiger partial charge in [0.25, 0.3) is 0 Å². The van der Waals surface area contributed by atoms with Gasteiger partial charge in [-0.15, -0.1) is 11.3 Å². The van der Waals surface area contributed by atoms with Crippen LogP contribution in [0, 0.1) is 5.82 Å². The van der Waals surface area contributed by atoms with Crippen molar-refractivity contribution in [1.82, 2.24) is 0 Å². The number of carbonyl (C=O) groups excluding carboxylic acids is 1. The third-order valence-electron chi connectivity index (χ3n) is 2.38. The van der Waals surface area contributed by atoms with Crippen LogP contribution in [-0.4, -0.2) is 12.9 Å². The Labute approximate surface area is 108 Å². The van der Waals surface area contributed by atoms with Gasteiger partial charge in [-0.3, -0.25) is 4.79 Å². The lowest BCUT2D eigenvalue weighted by atomic mass is 10.1. The van der Waals surface area contributed by atoms with Crippen LogP contribution >= 0.6 is 11.3 Å². The number of methoxy groups -OCH3 is 1. The molecule has 1 aromatic heterocycles. The van der Waals surface area contributed by atoms with E-state index in [0.29, 0.717) is 5.56 Å². The largest absolute Gasteiger partial charge is 0.494 e. The minimum Gasteiger partial charge on any atom is -0.494 e. The number of ether oxygens (including phenoxy) is 1. The van der Waals surface area contributed by atoms with Crippen molar-refractivity contribution >= 4 is 23.2 Å². The van der Waals surface area contributed by atoms with Crippen molar-refractivity contribution in [3.63, 3.8) is 0 Å². The molecule has 0 amide bonds. The molecule has 2 aromatic rings. The molecule has 18 heavy (non-hydrogen) atoms. The summed E-state index contributed by atoms with van der Waals surface area (Å²) in [4.78, 5) is 12.8. The van der Waals surface area contributed by atoms with Gasteiger partial charge in [-0.05, 0) is 41.8 Å². The molecule has 0 aliphatic carbocycles. The van der Waals surface area contributed by atoms with Gasteiger partial charge in [-0.25, -0.2) is 4.39 Å². The van der Waals surface area contributed by atoms with E-state index in [1.54, 1.807) is 12.1 Å². The Hall–Kier alpha value is -1.94. The maximum absolute atomic E-state index is 13.4. The number of benzene rings is 1. The van der Waals surface area contributed by atoms with Crippen molar-refractivity contribution in [1.29, 1.82) is 0 Å². The highest BCUT2D eigenvalue weighted by Gasteiger charge is 2.07. The molecule has 0 aliphatic heterocycles. The predicted octanol–water partition coefficient (Wildman–Crippen LogP) is 3.79. The zero-order valence-corrected chi connectivity index (χ0v) is 10.5. The van der Waals surface area contributed by atoms with Gasteiger partial charge in [0.05, 0.1) is 7.11 Å². The summed E-state index contributed by atoms with van der Waals surface area (Å²) >= 11 is 1.54. The monoisotopic (exact) mass is 262 g/mol. The van der Waals surface area contributed by atoms with Crippen molar-refractivity contribution in [2.24, 2.45) is 0 Å². The van der Waals surface area contributed by atoms with Gasteiger partial charge < -0.3 is 4.74 Å². The Morgan fingerprint density at radius 1 is 1.39 bits per heavy atom. The fraction of sp³-hybridized carbons (Fsp3) is 0.0714. The van der Waals surface area contributed by atoms with Crippen molar-refractivity contribution < 1.29 is 13.9 Å². The van der Waals surface area contributed by atoms with E-state index in [0.717, 1.165) is 4.88 Å². The molecule has 0 N–H and O–H groups in total. The van der Waals surface area contributed by atoms with E-state index >= 15 is 0 Å². The van der Waals surface area contributed by atoms with Gasteiger partial charge in [0, 0.05) is 10.4 Å². The van der Waals surface area contributed by atoms with E-state index in [9.17, 15) is 9.18 Å². The second kappa shape index (κ2) is 5.60. The highest BCUT2D eigenvalue weighted by Crippen LogP contribution is 2.18. The lowest BCUT2D eigenvalue weighted by Crippen LogP contribution is -1.96. The Kier molecular flexibility index (Phi) is 3.89. The Balaban J connectivity index is 2.16. The zero-order chi connectivity index (χ0) is 13.0. The zero-order valence-electron chi connectivity index (χ0n) is 9.72. The minimum atomic E-state index is -0.534. The van der Waals surface area contributed by atoms with Gasteiger partial charge in [0.15, 0.2) is 17.3 Å². The molecule has 0 bridgehead atoms. The molecular weight excluding hydrogens is 251 g/mol. The smallest absolute Gasteiger partial charge is 0.185 e. The van der Waals surface area contributed by atoms with Crippen molar-refractivity contribution in [2.45, 2.75) is 0 Å². The second-order valence-electron chi connectivity index (χ2n) is 3.56. The maximum atomic E-state index is 13.4. The van der Waals surface area contributed by atoms with Crippen LogP contribution in [0.2, 0.25) is 0 Å². The molecule has 4 heteroatoms. The molecule has 2 nitrogen and oxygen atoms in total. The molecule has 0 radical (unpaired) electrons. The van der Waals surface area contributed by atoms with Crippen molar-refractivity contribution in [3.05, 3.63) is 58.0 Å². The summed E-state index contributed by atoms with van der Waals surface area (Å²) in [6, 6.07) is 7.98. The first-order chi connectivity index (χ1) is 8.70. The number of rotatable bonds is 4. The lowest BCUT2D eigenvalue weighted by Gasteiger charge is -2.02. The van der Waals surface area contributed by atoms with E-state index in [1.165, 1.54) is 36.7 Å². The fourth-order valence-electron chi connectivity index (χ4n) is 1.46. The average molecular weight is 262 g/mol. The highest BCUT2D eigenvalue weighted by molar-refractivity contribution is 7.10. The maximum Gasteiger partial charge on any atom is 0.185 e. The first kappa shape index (κ1) is 12.5. The van der Waals surface area contributed by atoms with Crippen LogP contribution < -0.4 is 4.74 Å². The van der Waals surface area contributed by atoms with Gasteiger partial charge in [0.2, 0.25) is 0 Å². The summed E-state index contributed by atoms with van der Waals surface area (Å²) in [6.45, 7) is 0. The summed E-state index contributed by atoms with van der Waals surface area (Å²) < 4.78 is 18.2. The number of thiophene rings is 1. The van der Waals surface area contributed by atoms with Crippen LogP contribution in [0.3, 0.4) is 0 Å². The predicted molar refractivity (Wildman–Crippen MR) is 70.6 cm³/mol. The van der Waals surface area contributed by atoms with Crippen LogP contribution in [-0.2, 0) is 0 Å². The molecule has 2 rings (SSSR count). The van der Waals surface area contributed by atoms with E-state index in [2.05, 4.69) is 0 Å². The summed E-state index contributed by atoms with van der Waals surface area (Å²) in [5.74, 6) is -0.633. The van der Waals surface area contributed by atoms with E-state index in [4.69, 9.17) is 4.74 Å². The normalized spacial score (nSPS) is 10.8. The second-order valence-corrected chi connectivity index (χ2v) is 4.54. The molecule has 0 fully saturated rings. The number of hydrogen-bond donors (Lipinski definition) is 0. The summed E-state index contributed by atoms with van der Waals surface area (Å²) in [5, 5.41) is 1.93. The van der Waals surface area contributed by atoms with Crippen molar-refractivity contribution in [2.75, 3.05) is 7.11 Å². The van der Waals surface area contributed by atoms with Gasteiger partial charge >= 0.3 is 0 Å². The Morgan fingerprint density at radius 3 is 2.83 bits per heavy atom. The topological polar surface area (TPSA) is 26.3 Å². The quantitative estimate of drug-likeness (QED) is 0.619. The van der Waals surface area contributed by atoms with Crippen LogP contribution in [0.25, 0.3) is 6.08 Å². The number of carbonyl (C=O) groups is 1. The van der Waals surface area contributed by atoms with E-state index in [1.807, 2.05) is 17.5 Å². The molecule has 0 spiro atoms. The van der Waals surface area contributed by atoms with Crippen LogP contribution in [0.1, 0.15) is 15.2 Å². The van der Waals surface area contributed by atoms with Gasteiger partial charge in [0.1, 0.15) is 0 Å². The number of allylic oxidation sites excluding steroid dienone is 1. The Morgan fingerprint density at radius 2 is 2.22 bits per heavy atom. The lowest BCUT2D eigenvalue weighted by molar-refractivity contribution is 0.104. The molecule has 1 aromatic carbocycles.